The summed E-state index contributed by atoms with van der Waals surface area (Å²) < 4.78 is 10.2. The van der Waals surface area contributed by atoms with Gasteiger partial charge in [-0.05, 0) is 0 Å². The molecule has 0 aromatic carbocycles. The number of ether oxygens (including phenoxy) is 2. The van der Waals surface area contributed by atoms with Crippen LogP contribution < -0.4 is 10.2 Å². The molecule has 1 aromatic heterocycles. The average Bonchev–Trinajstić information content (AvgIpc) is 2.31. The number of hydrogen-bond acceptors (Lipinski definition) is 6. The summed E-state index contributed by atoms with van der Waals surface area (Å²) in [7, 11) is 1.58. The fourth-order valence-electron chi connectivity index (χ4n) is 1.33. The first-order chi connectivity index (χ1) is 7.38. The molecule has 0 radical (unpaired) electrons. The van der Waals surface area contributed by atoms with Crippen LogP contribution in [0.2, 0.25) is 0 Å². The van der Waals surface area contributed by atoms with E-state index in [9.17, 15) is 0 Å². The van der Waals surface area contributed by atoms with Gasteiger partial charge in [0.2, 0.25) is 11.8 Å². The minimum absolute atomic E-state index is 0.552. The molecule has 2 heterocycles. The lowest BCUT2D eigenvalue weighted by molar-refractivity contribution is 0.0492. The Kier molecular flexibility index (Phi) is 3.31. The first-order valence-corrected chi connectivity index (χ1v) is 4.85. The SMILES string of the molecule is COc1ccnc(NN2CCOCC2)n1. The van der Waals surface area contributed by atoms with Gasteiger partial charge in [-0.25, -0.2) is 9.99 Å². The molecule has 1 fully saturated rings. The number of nitrogens with zero attached hydrogens (tertiary/aromatic N) is 3. The largest absolute Gasteiger partial charge is 0.481 e. The Morgan fingerprint density at radius 3 is 3.00 bits per heavy atom. The van der Waals surface area contributed by atoms with E-state index in [2.05, 4.69) is 15.4 Å². The molecule has 15 heavy (non-hydrogen) atoms. The average molecular weight is 210 g/mol. The Morgan fingerprint density at radius 1 is 1.47 bits per heavy atom. The van der Waals surface area contributed by atoms with E-state index in [-0.39, 0.29) is 0 Å². The number of anilines is 1. The molecular formula is C9H14N4O2. The van der Waals surface area contributed by atoms with Crippen molar-refractivity contribution in [3.05, 3.63) is 12.3 Å². The molecule has 6 nitrogen and oxygen atoms in total. The Bertz CT molecular complexity index is 315. The standard InChI is InChI=1S/C9H14N4O2/c1-14-8-2-3-10-9(11-8)12-13-4-6-15-7-5-13/h2-3H,4-7H2,1H3,(H,10,11,12). The second-order valence-corrected chi connectivity index (χ2v) is 3.13. The molecule has 0 spiro atoms. The molecule has 1 aliphatic rings. The van der Waals surface area contributed by atoms with E-state index in [0.29, 0.717) is 11.8 Å². The quantitative estimate of drug-likeness (QED) is 0.766. The number of aromatic nitrogens is 2. The highest BCUT2D eigenvalue weighted by Gasteiger charge is 2.11. The van der Waals surface area contributed by atoms with Crippen molar-refractivity contribution in [3.8, 4) is 5.88 Å². The normalized spacial score (nSPS) is 17.4. The number of methoxy groups -OCH3 is 1. The number of hydrogen-bond donors (Lipinski definition) is 1. The van der Waals surface area contributed by atoms with Gasteiger partial charge in [-0.15, -0.1) is 0 Å². The fraction of sp³-hybridized carbons (Fsp3) is 0.556. The van der Waals surface area contributed by atoms with Crippen LogP contribution in [0.3, 0.4) is 0 Å². The summed E-state index contributed by atoms with van der Waals surface area (Å²) in [6.45, 7) is 3.13. The van der Waals surface area contributed by atoms with Gasteiger partial charge in [0.15, 0.2) is 0 Å². The molecule has 0 saturated carbocycles. The third-order valence-corrected chi connectivity index (χ3v) is 2.11. The van der Waals surface area contributed by atoms with Crippen molar-refractivity contribution in [1.82, 2.24) is 15.0 Å². The predicted molar refractivity (Wildman–Crippen MR) is 54.6 cm³/mol. The van der Waals surface area contributed by atoms with E-state index >= 15 is 0 Å². The van der Waals surface area contributed by atoms with Gasteiger partial charge in [-0.2, -0.15) is 4.98 Å². The van der Waals surface area contributed by atoms with Crippen molar-refractivity contribution in [1.29, 1.82) is 0 Å². The van der Waals surface area contributed by atoms with Gasteiger partial charge in [0.1, 0.15) is 0 Å². The molecule has 82 valence electrons. The zero-order chi connectivity index (χ0) is 10.5. The van der Waals surface area contributed by atoms with Gasteiger partial charge in [0.05, 0.1) is 20.3 Å². The molecule has 2 rings (SSSR count). The Morgan fingerprint density at radius 2 is 2.27 bits per heavy atom. The molecule has 1 saturated heterocycles. The summed E-state index contributed by atoms with van der Waals surface area (Å²) in [6.07, 6.45) is 1.66. The predicted octanol–water partition coefficient (Wildman–Crippen LogP) is 0.144. The van der Waals surface area contributed by atoms with Crippen LogP contribution in [0.15, 0.2) is 12.3 Å². The Hall–Kier alpha value is -1.40. The highest BCUT2D eigenvalue weighted by molar-refractivity contribution is 5.26. The summed E-state index contributed by atoms with van der Waals surface area (Å²) in [5.74, 6) is 1.11. The third-order valence-electron chi connectivity index (χ3n) is 2.11. The number of hydrazine groups is 1. The maximum Gasteiger partial charge on any atom is 0.240 e. The summed E-state index contributed by atoms with van der Waals surface area (Å²) in [5, 5.41) is 2.03. The third kappa shape index (κ3) is 2.77. The van der Waals surface area contributed by atoms with Crippen LogP contribution in [0.25, 0.3) is 0 Å². The maximum absolute atomic E-state index is 5.24. The minimum atomic E-state index is 0.552. The zero-order valence-corrected chi connectivity index (χ0v) is 8.64. The maximum atomic E-state index is 5.24. The van der Waals surface area contributed by atoms with Crippen LogP contribution in [0.5, 0.6) is 5.88 Å². The van der Waals surface area contributed by atoms with Gasteiger partial charge in [-0.3, -0.25) is 5.43 Å². The molecule has 1 aromatic rings. The van der Waals surface area contributed by atoms with Gasteiger partial charge >= 0.3 is 0 Å². The van der Waals surface area contributed by atoms with E-state index in [1.165, 1.54) is 0 Å². The van der Waals surface area contributed by atoms with Crippen LogP contribution in [-0.4, -0.2) is 48.4 Å². The Labute approximate surface area is 88.2 Å². The number of nitrogens with one attached hydrogen (secondary N) is 1. The highest BCUT2D eigenvalue weighted by Crippen LogP contribution is 2.08. The second-order valence-electron chi connectivity index (χ2n) is 3.13. The van der Waals surface area contributed by atoms with Gasteiger partial charge in [0, 0.05) is 25.4 Å². The molecule has 0 aliphatic carbocycles. The van der Waals surface area contributed by atoms with Gasteiger partial charge < -0.3 is 9.47 Å². The highest BCUT2D eigenvalue weighted by atomic mass is 16.5. The molecule has 0 bridgehead atoms. The van der Waals surface area contributed by atoms with Crippen molar-refractivity contribution in [2.24, 2.45) is 0 Å². The first-order valence-electron chi connectivity index (χ1n) is 4.85. The lowest BCUT2D eigenvalue weighted by Crippen LogP contribution is -2.40. The van der Waals surface area contributed by atoms with Crippen molar-refractivity contribution >= 4 is 5.95 Å². The van der Waals surface area contributed by atoms with Crippen molar-refractivity contribution in [2.75, 3.05) is 38.8 Å². The van der Waals surface area contributed by atoms with E-state index in [0.717, 1.165) is 26.3 Å². The van der Waals surface area contributed by atoms with Crippen LogP contribution in [-0.2, 0) is 4.74 Å². The second kappa shape index (κ2) is 4.90. The molecule has 1 N–H and O–H groups in total. The molecular weight excluding hydrogens is 196 g/mol. The first kappa shape index (κ1) is 10.1. The molecule has 6 heteroatoms. The summed E-state index contributed by atoms with van der Waals surface area (Å²) in [6, 6.07) is 1.71. The van der Waals surface area contributed by atoms with E-state index in [1.807, 2.05) is 5.01 Å². The number of rotatable bonds is 3. The monoisotopic (exact) mass is 210 g/mol. The van der Waals surface area contributed by atoms with E-state index in [4.69, 9.17) is 9.47 Å². The van der Waals surface area contributed by atoms with Crippen LogP contribution in [0, 0.1) is 0 Å². The summed E-state index contributed by atoms with van der Waals surface area (Å²) >= 11 is 0. The lowest BCUT2D eigenvalue weighted by Gasteiger charge is -2.26. The van der Waals surface area contributed by atoms with Crippen molar-refractivity contribution in [2.45, 2.75) is 0 Å². The summed E-state index contributed by atoms with van der Waals surface area (Å²) in [5.41, 5.74) is 3.11. The summed E-state index contributed by atoms with van der Waals surface area (Å²) in [4.78, 5) is 8.26. The van der Waals surface area contributed by atoms with E-state index in [1.54, 1.807) is 19.4 Å². The van der Waals surface area contributed by atoms with Crippen LogP contribution in [0.1, 0.15) is 0 Å². The molecule has 0 amide bonds. The zero-order valence-electron chi connectivity index (χ0n) is 8.64. The number of morpholine rings is 1. The van der Waals surface area contributed by atoms with E-state index < -0.39 is 0 Å². The fourth-order valence-corrected chi connectivity index (χ4v) is 1.33. The van der Waals surface area contributed by atoms with Gasteiger partial charge in [0.25, 0.3) is 0 Å². The van der Waals surface area contributed by atoms with Gasteiger partial charge in [-0.1, -0.05) is 0 Å². The van der Waals surface area contributed by atoms with Crippen molar-refractivity contribution < 1.29 is 9.47 Å². The smallest absolute Gasteiger partial charge is 0.240 e. The Balaban J connectivity index is 1.96. The molecule has 0 atom stereocenters. The molecule has 1 aliphatic heterocycles. The lowest BCUT2D eigenvalue weighted by atomic mass is 10.5. The minimum Gasteiger partial charge on any atom is -0.481 e. The van der Waals surface area contributed by atoms with Crippen LogP contribution >= 0.6 is 0 Å². The molecule has 0 unspecified atom stereocenters. The van der Waals surface area contributed by atoms with Crippen LogP contribution in [0.4, 0.5) is 5.95 Å². The van der Waals surface area contributed by atoms with Crippen molar-refractivity contribution in [3.63, 3.8) is 0 Å². The topological polar surface area (TPSA) is 59.5 Å².